The first-order valence-corrected chi connectivity index (χ1v) is 9.27. The molecule has 1 aliphatic heterocycles. The van der Waals surface area contributed by atoms with Crippen LogP contribution in [0.5, 0.6) is 0 Å². The zero-order valence-electron chi connectivity index (χ0n) is 16.9. The Bertz CT molecular complexity index is 931. The SMILES string of the molecule is Cc1nc2cc(F)cc(C(=O)N3CCN(C(=O)OC(C)(C)C)CC3)c2nc1C. The molecule has 2 amide bonds. The first kappa shape index (κ1) is 20.0. The van der Waals surface area contributed by atoms with Crippen LogP contribution in [0.3, 0.4) is 0 Å². The first-order valence-electron chi connectivity index (χ1n) is 9.27. The maximum Gasteiger partial charge on any atom is 0.410 e. The molecule has 2 aromatic rings. The third-order valence-corrected chi connectivity index (χ3v) is 4.59. The van der Waals surface area contributed by atoms with E-state index in [0.29, 0.717) is 48.6 Å². The minimum absolute atomic E-state index is 0.191. The van der Waals surface area contributed by atoms with Crippen LogP contribution in [0.1, 0.15) is 42.5 Å². The van der Waals surface area contributed by atoms with Gasteiger partial charge in [-0.2, -0.15) is 0 Å². The van der Waals surface area contributed by atoms with Crippen molar-refractivity contribution in [3.63, 3.8) is 0 Å². The molecule has 0 saturated carbocycles. The highest BCUT2D eigenvalue weighted by molar-refractivity contribution is 6.04. The summed E-state index contributed by atoms with van der Waals surface area (Å²) in [5, 5.41) is 0. The summed E-state index contributed by atoms with van der Waals surface area (Å²) < 4.78 is 19.4. The van der Waals surface area contributed by atoms with Crippen molar-refractivity contribution < 1.29 is 18.7 Å². The quantitative estimate of drug-likeness (QED) is 0.750. The van der Waals surface area contributed by atoms with E-state index in [4.69, 9.17) is 4.74 Å². The summed E-state index contributed by atoms with van der Waals surface area (Å²) in [4.78, 5) is 37.2. The second-order valence-electron chi connectivity index (χ2n) is 7.98. The Morgan fingerprint density at radius 2 is 1.57 bits per heavy atom. The molecule has 0 radical (unpaired) electrons. The van der Waals surface area contributed by atoms with E-state index in [9.17, 15) is 14.0 Å². The molecule has 1 saturated heterocycles. The molecular weight excluding hydrogens is 363 g/mol. The highest BCUT2D eigenvalue weighted by Gasteiger charge is 2.29. The van der Waals surface area contributed by atoms with Crippen LogP contribution in [-0.4, -0.2) is 63.5 Å². The van der Waals surface area contributed by atoms with Gasteiger partial charge in [-0.1, -0.05) is 0 Å². The number of benzene rings is 1. The molecule has 2 heterocycles. The zero-order chi connectivity index (χ0) is 20.6. The third-order valence-electron chi connectivity index (χ3n) is 4.59. The lowest BCUT2D eigenvalue weighted by Gasteiger charge is -2.35. The first-order chi connectivity index (χ1) is 13.0. The second-order valence-corrected chi connectivity index (χ2v) is 7.98. The Hall–Kier alpha value is -2.77. The van der Waals surface area contributed by atoms with Crippen LogP contribution in [-0.2, 0) is 4.74 Å². The van der Waals surface area contributed by atoms with Crippen molar-refractivity contribution in [1.29, 1.82) is 0 Å². The fourth-order valence-electron chi connectivity index (χ4n) is 3.05. The van der Waals surface area contributed by atoms with Gasteiger partial charge >= 0.3 is 6.09 Å². The number of carbonyl (C=O) groups is 2. The highest BCUT2D eigenvalue weighted by Crippen LogP contribution is 2.21. The van der Waals surface area contributed by atoms with Crippen molar-refractivity contribution in [2.45, 2.75) is 40.2 Å². The van der Waals surface area contributed by atoms with E-state index >= 15 is 0 Å². The number of halogens is 1. The molecule has 28 heavy (non-hydrogen) atoms. The summed E-state index contributed by atoms with van der Waals surface area (Å²) in [5.74, 6) is -0.841. The zero-order valence-corrected chi connectivity index (χ0v) is 16.9. The van der Waals surface area contributed by atoms with Crippen LogP contribution in [0.2, 0.25) is 0 Å². The fraction of sp³-hybridized carbons (Fsp3) is 0.500. The monoisotopic (exact) mass is 388 g/mol. The summed E-state index contributed by atoms with van der Waals surface area (Å²) in [6.45, 7) is 10.4. The summed E-state index contributed by atoms with van der Waals surface area (Å²) in [6, 6.07) is 2.49. The topological polar surface area (TPSA) is 75.6 Å². The van der Waals surface area contributed by atoms with E-state index in [0.717, 1.165) is 0 Å². The maximum atomic E-state index is 14.1. The summed E-state index contributed by atoms with van der Waals surface area (Å²) >= 11 is 0. The van der Waals surface area contributed by atoms with Crippen LogP contribution >= 0.6 is 0 Å². The smallest absolute Gasteiger partial charge is 0.410 e. The number of carbonyl (C=O) groups excluding carboxylic acids is 2. The van der Waals surface area contributed by atoms with Crippen LogP contribution < -0.4 is 0 Å². The minimum Gasteiger partial charge on any atom is -0.444 e. The fourth-order valence-corrected chi connectivity index (χ4v) is 3.05. The van der Waals surface area contributed by atoms with E-state index in [-0.39, 0.29) is 11.5 Å². The molecule has 0 aliphatic carbocycles. The predicted octanol–water partition coefficient (Wildman–Crippen LogP) is 3.08. The third kappa shape index (κ3) is 4.21. The van der Waals surface area contributed by atoms with Crippen LogP contribution in [0, 0.1) is 19.7 Å². The molecule has 8 heteroatoms. The lowest BCUT2D eigenvalue weighted by molar-refractivity contribution is 0.0141. The van der Waals surface area contributed by atoms with Gasteiger partial charge < -0.3 is 14.5 Å². The molecule has 0 unspecified atom stereocenters. The summed E-state index contributed by atoms with van der Waals surface area (Å²) in [7, 11) is 0. The van der Waals surface area contributed by atoms with Crippen molar-refractivity contribution >= 4 is 23.0 Å². The largest absolute Gasteiger partial charge is 0.444 e. The van der Waals surface area contributed by atoms with Gasteiger partial charge in [-0.15, -0.1) is 0 Å². The summed E-state index contributed by atoms with van der Waals surface area (Å²) in [6.07, 6.45) is -0.396. The number of piperazine rings is 1. The van der Waals surface area contributed by atoms with E-state index < -0.39 is 17.5 Å². The number of nitrogens with zero attached hydrogens (tertiary/aromatic N) is 4. The Balaban J connectivity index is 1.79. The van der Waals surface area contributed by atoms with E-state index in [2.05, 4.69) is 9.97 Å². The van der Waals surface area contributed by atoms with Gasteiger partial charge in [-0.25, -0.2) is 19.2 Å². The number of aryl methyl sites for hydroxylation is 2. The van der Waals surface area contributed by atoms with Gasteiger partial charge in [0, 0.05) is 32.2 Å². The number of amides is 2. The lowest BCUT2D eigenvalue weighted by Crippen LogP contribution is -2.51. The molecule has 0 N–H and O–H groups in total. The number of rotatable bonds is 1. The van der Waals surface area contributed by atoms with Crippen molar-refractivity contribution in [2.75, 3.05) is 26.2 Å². The van der Waals surface area contributed by atoms with Gasteiger partial charge in [0.2, 0.25) is 0 Å². The maximum absolute atomic E-state index is 14.1. The van der Waals surface area contributed by atoms with Crippen LogP contribution in [0.4, 0.5) is 9.18 Å². The molecule has 1 aliphatic rings. The number of fused-ring (bicyclic) bond motifs is 1. The van der Waals surface area contributed by atoms with Crippen molar-refractivity contribution in [3.05, 3.63) is 34.9 Å². The van der Waals surface area contributed by atoms with E-state index in [1.807, 2.05) is 20.8 Å². The van der Waals surface area contributed by atoms with Gasteiger partial charge in [0.25, 0.3) is 5.91 Å². The van der Waals surface area contributed by atoms with Gasteiger partial charge in [0.15, 0.2) is 0 Å². The van der Waals surface area contributed by atoms with Gasteiger partial charge in [0.1, 0.15) is 16.9 Å². The average Bonchev–Trinajstić information content (AvgIpc) is 2.60. The Morgan fingerprint density at radius 1 is 1.00 bits per heavy atom. The lowest BCUT2D eigenvalue weighted by atomic mass is 10.1. The number of ether oxygens (including phenoxy) is 1. The Labute approximate surface area is 163 Å². The molecule has 0 spiro atoms. The van der Waals surface area contributed by atoms with Crippen LogP contribution in [0.15, 0.2) is 12.1 Å². The van der Waals surface area contributed by atoms with Crippen molar-refractivity contribution in [1.82, 2.24) is 19.8 Å². The second kappa shape index (κ2) is 7.33. The van der Waals surface area contributed by atoms with Crippen molar-refractivity contribution in [2.24, 2.45) is 0 Å². The molecule has 0 atom stereocenters. The Kier molecular flexibility index (Phi) is 5.23. The molecule has 1 fully saturated rings. The van der Waals surface area contributed by atoms with Gasteiger partial charge in [-0.05, 0) is 40.7 Å². The number of aromatic nitrogens is 2. The van der Waals surface area contributed by atoms with E-state index in [1.54, 1.807) is 23.6 Å². The standard InChI is InChI=1S/C20H25FN4O3/c1-12-13(2)23-17-15(10-14(21)11-16(17)22-12)18(26)24-6-8-25(9-7-24)19(27)28-20(3,4)5/h10-11H,6-9H2,1-5H3. The van der Waals surface area contributed by atoms with E-state index in [1.165, 1.54) is 12.1 Å². The van der Waals surface area contributed by atoms with Gasteiger partial charge in [0.05, 0.1) is 22.5 Å². The molecule has 150 valence electrons. The highest BCUT2D eigenvalue weighted by atomic mass is 19.1. The number of hydrogen-bond acceptors (Lipinski definition) is 5. The minimum atomic E-state index is -0.570. The predicted molar refractivity (Wildman–Crippen MR) is 103 cm³/mol. The molecule has 0 bridgehead atoms. The van der Waals surface area contributed by atoms with Gasteiger partial charge in [-0.3, -0.25) is 4.79 Å². The molecule has 7 nitrogen and oxygen atoms in total. The van der Waals surface area contributed by atoms with Crippen molar-refractivity contribution in [3.8, 4) is 0 Å². The Morgan fingerprint density at radius 3 is 2.18 bits per heavy atom. The number of hydrogen-bond donors (Lipinski definition) is 0. The average molecular weight is 388 g/mol. The molecule has 1 aromatic heterocycles. The molecule has 1 aromatic carbocycles. The van der Waals surface area contributed by atoms with Crippen LogP contribution in [0.25, 0.3) is 11.0 Å². The normalized spacial score (nSPS) is 15.1. The molecule has 3 rings (SSSR count). The summed E-state index contributed by atoms with van der Waals surface area (Å²) in [5.41, 5.74) is 1.77. The molecular formula is C20H25FN4O3.